The fraction of sp³-hybridized carbons (Fsp3) is 0.913. The van der Waals surface area contributed by atoms with Gasteiger partial charge in [0.25, 0.3) is 0 Å². The lowest BCUT2D eigenvalue weighted by atomic mass is 9.84. The van der Waals surface area contributed by atoms with Crippen LogP contribution in [0.4, 0.5) is 0 Å². The van der Waals surface area contributed by atoms with E-state index in [2.05, 4.69) is 30.3 Å². The second kappa shape index (κ2) is 10.8. The summed E-state index contributed by atoms with van der Waals surface area (Å²) in [5, 5.41) is 7.13. The molecule has 2 saturated carbocycles. The molecule has 1 amide bonds. The Bertz CT molecular complexity index is 578. The monoisotopic (exact) mass is 418 g/mol. The molecule has 4 aliphatic rings. The SMILES string of the molecule is CN=C(NCCN1CCN(C(=O)C2CCC2)CC1)NC1CCN(CC2CCCC2)C1. The third-order valence-electron chi connectivity index (χ3n) is 7.69. The molecule has 2 aliphatic carbocycles. The standard InChI is InChI=1S/C23H42N6O/c1-24-23(26-21-9-11-28(18-21)17-19-5-2-3-6-19)25-10-12-27-13-15-29(16-14-27)22(30)20-7-4-8-20/h19-21H,2-18H2,1H3,(H2,24,25,26). The summed E-state index contributed by atoms with van der Waals surface area (Å²) in [5.74, 6) is 2.60. The smallest absolute Gasteiger partial charge is 0.225 e. The molecular weight excluding hydrogens is 376 g/mol. The zero-order valence-electron chi connectivity index (χ0n) is 18.9. The zero-order chi connectivity index (χ0) is 20.8. The number of nitrogens with one attached hydrogen (secondary N) is 2. The van der Waals surface area contributed by atoms with Crippen molar-refractivity contribution in [2.24, 2.45) is 16.8 Å². The number of hydrogen-bond donors (Lipinski definition) is 2. The van der Waals surface area contributed by atoms with Crippen molar-refractivity contribution in [1.82, 2.24) is 25.3 Å². The van der Waals surface area contributed by atoms with Crippen LogP contribution in [0.2, 0.25) is 0 Å². The van der Waals surface area contributed by atoms with Gasteiger partial charge in [0, 0.05) is 77.9 Å². The molecule has 170 valence electrons. The van der Waals surface area contributed by atoms with Gasteiger partial charge in [-0.2, -0.15) is 0 Å². The normalized spacial score (nSPS) is 27.4. The van der Waals surface area contributed by atoms with Crippen LogP contribution in [0.1, 0.15) is 51.4 Å². The molecule has 4 fully saturated rings. The van der Waals surface area contributed by atoms with Crippen molar-refractivity contribution in [3.8, 4) is 0 Å². The van der Waals surface area contributed by atoms with Crippen molar-refractivity contribution in [1.29, 1.82) is 0 Å². The van der Waals surface area contributed by atoms with Gasteiger partial charge in [-0.1, -0.05) is 19.3 Å². The summed E-state index contributed by atoms with van der Waals surface area (Å²) in [6.45, 7) is 9.32. The fourth-order valence-corrected chi connectivity index (χ4v) is 5.50. The van der Waals surface area contributed by atoms with Crippen molar-refractivity contribution in [2.75, 3.05) is 66.0 Å². The van der Waals surface area contributed by atoms with Gasteiger partial charge in [0.2, 0.25) is 5.91 Å². The number of carbonyl (C=O) groups excluding carboxylic acids is 1. The number of hydrogen-bond acceptors (Lipinski definition) is 4. The van der Waals surface area contributed by atoms with Crippen LogP contribution in [0.15, 0.2) is 4.99 Å². The Hall–Kier alpha value is -1.34. The van der Waals surface area contributed by atoms with Crippen LogP contribution in [0.3, 0.4) is 0 Å². The van der Waals surface area contributed by atoms with Gasteiger partial charge in [-0.15, -0.1) is 0 Å². The summed E-state index contributed by atoms with van der Waals surface area (Å²) in [6, 6.07) is 0.513. The van der Waals surface area contributed by atoms with Crippen molar-refractivity contribution in [3.05, 3.63) is 0 Å². The maximum Gasteiger partial charge on any atom is 0.225 e. The summed E-state index contributed by atoms with van der Waals surface area (Å²) in [5.41, 5.74) is 0. The molecule has 1 unspecified atom stereocenters. The summed E-state index contributed by atoms with van der Waals surface area (Å²) in [6.07, 6.45) is 10.4. The first-order valence-electron chi connectivity index (χ1n) is 12.4. The van der Waals surface area contributed by atoms with Crippen LogP contribution >= 0.6 is 0 Å². The number of rotatable bonds is 7. The highest BCUT2D eigenvalue weighted by Crippen LogP contribution is 2.28. The minimum Gasteiger partial charge on any atom is -0.355 e. The van der Waals surface area contributed by atoms with Crippen LogP contribution in [-0.2, 0) is 4.79 Å². The Kier molecular flexibility index (Phi) is 7.88. The molecule has 0 aromatic heterocycles. The van der Waals surface area contributed by atoms with Crippen LogP contribution < -0.4 is 10.6 Å². The molecule has 2 saturated heterocycles. The van der Waals surface area contributed by atoms with Crippen LogP contribution in [0, 0.1) is 11.8 Å². The first-order valence-corrected chi connectivity index (χ1v) is 12.4. The number of likely N-dealkylation sites (tertiary alicyclic amines) is 1. The Morgan fingerprint density at radius 1 is 0.933 bits per heavy atom. The first-order chi connectivity index (χ1) is 14.7. The van der Waals surface area contributed by atoms with Crippen molar-refractivity contribution in [3.63, 3.8) is 0 Å². The maximum atomic E-state index is 12.4. The van der Waals surface area contributed by atoms with E-state index >= 15 is 0 Å². The third-order valence-corrected chi connectivity index (χ3v) is 7.69. The predicted molar refractivity (Wildman–Crippen MR) is 122 cm³/mol. The van der Waals surface area contributed by atoms with Crippen molar-refractivity contribution < 1.29 is 4.79 Å². The highest BCUT2D eigenvalue weighted by atomic mass is 16.2. The molecule has 2 N–H and O–H groups in total. The quantitative estimate of drug-likeness (QED) is 0.483. The largest absolute Gasteiger partial charge is 0.355 e. The molecular formula is C23H42N6O. The van der Waals surface area contributed by atoms with Gasteiger partial charge >= 0.3 is 0 Å². The lowest BCUT2D eigenvalue weighted by Gasteiger charge is -2.38. The zero-order valence-corrected chi connectivity index (χ0v) is 18.9. The average Bonchev–Trinajstić information content (AvgIpc) is 3.39. The summed E-state index contributed by atoms with van der Waals surface area (Å²) in [4.78, 5) is 24.0. The Morgan fingerprint density at radius 2 is 1.70 bits per heavy atom. The summed E-state index contributed by atoms with van der Waals surface area (Å²) < 4.78 is 0. The van der Waals surface area contributed by atoms with E-state index in [4.69, 9.17) is 0 Å². The Labute approximate surface area is 182 Å². The molecule has 30 heavy (non-hydrogen) atoms. The highest BCUT2D eigenvalue weighted by molar-refractivity contribution is 5.80. The lowest BCUT2D eigenvalue weighted by molar-refractivity contribution is -0.139. The van der Waals surface area contributed by atoms with Gasteiger partial charge in [-0.25, -0.2) is 0 Å². The summed E-state index contributed by atoms with van der Waals surface area (Å²) in [7, 11) is 1.87. The molecule has 0 radical (unpaired) electrons. The minimum absolute atomic E-state index is 0.331. The molecule has 0 aromatic rings. The molecule has 4 rings (SSSR count). The molecule has 0 spiro atoms. The molecule has 7 nitrogen and oxygen atoms in total. The Balaban J connectivity index is 1.09. The lowest BCUT2D eigenvalue weighted by Crippen LogP contribution is -2.53. The minimum atomic E-state index is 0.331. The summed E-state index contributed by atoms with van der Waals surface area (Å²) >= 11 is 0. The number of amides is 1. The average molecular weight is 419 g/mol. The molecule has 0 bridgehead atoms. The van der Waals surface area contributed by atoms with E-state index in [1.54, 1.807) is 0 Å². The number of piperazine rings is 1. The van der Waals surface area contributed by atoms with E-state index in [-0.39, 0.29) is 0 Å². The van der Waals surface area contributed by atoms with E-state index in [1.165, 1.54) is 51.6 Å². The van der Waals surface area contributed by atoms with Crippen molar-refractivity contribution in [2.45, 2.75) is 57.4 Å². The molecule has 1 atom stereocenters. The third kappa shape index (κ3) is 5.88. The molecule has 0 aromatic carbocycles. The van der Waals surface area contributed by atoms with E-state index in [9.17, 15) is 4.79 Å². The van der Waals surface area contributed by atoms with E-state index in [0.717, 1.165) is 70.5 Å². The second-order valence-electron chi connectivity index (χ2n) is 9.83. The van der Waals surface area contributed by atoms with Gasteiger partial charge < -0.3 is 20.4 Å². The second-order valence-corrected chi connectivity index (χ2v) is 9.83. The van der Waals surface area contributed by atoms with E-state index < -0.39 is 0 Å². The number of guanidine groups is 1. The van der Waals surface area contributed by atoms with Gasteiger partial charge in [-0.3, -0.25) is 14.7 Å². The van der Waals surface area contributed by atoms with Crippen molar-refractivity contribution >= 4 is 11.9 Å². The van der Waals surface area contributed by atoms with Gasteiger partial charge in [0.05, 0.1) is 0 Å². The fourth-order valence-electron chi connectivity index (χ4n) is 5.50. The number of aliphatic imine (C=N–C) groups is 1. The van der Waals surface area contributed by atoms with Gasteiger partial charge in [-0.05, 0) is 38.0 Å². The van der Waals surface area contributed by atoms with Gasteiger partial charge in [0.1, 0.15) is 0 Å². The Morgan fingerprint density at radius 3 is 2.37 bits per heavy atom. The first kappa shape index (κ1) is 21.9. The predicted octanol–water partition coefficient (Wildman–Crippen LogP) is 1.36. The molecule has 2 heterocycles. The van der Waals surface area contributed by atoms with E-state index in [0.29, 0.717) is 17.9 Å². The number of nitrogens with zero attached hydrogens (tertiary/aromatic N) is 4. The van der Waals surface area contributed by atoms with Crippen LogP contribution in [0.25, 0.3) is 0 Å². The topological polar surface area (TPSA) is 63.2 Å². The number of carbonyl (C=O) groups is 1. The molecule has 2 aliphatic heterocycles. The van der Waals surface area contributed by atoms with E-state index in [1.807, 2.05) is 7.05 Å². The maximum absolute atomic E-state index is 12.4. The van der Waals surface area contributed by atoms with Crippen LogP contribution in [0.5, 0.6) is 0 Å². The highest BCUT2D eigenvalue weighted by Gasteiger charge is 2.31. The van der Waals surface area contributed by atoms with Crippen LogP contribution in [-0.4, -0.2) is 98.6 Å². The van der Waals surface area contributed by atoms with Gasteiger partial charge in [0.15, 0.2) is 5.96 Å². The molecule has 7 heteroatoms.